The van der Waals surface area contributed by atoms with E-state index in [0.29, 0.717) is 25.9 Å². The summed E-state index contributed by atoms with van der Waals surface area (Å²) in [6, 6.07) is 18.6. The maximum Gasteiger partial charge on any atom is 0.127 e. The Hall–Kier alpha value is -2.80. The molecule has 0 radical (unpaired) electrons. The molecule has 3 saturated heterocycles. The Morgan fingerprint density at radius 3 is 1.52 bits per heavy atom. The number of fused-ring (bicyclic) bond motifs is 1. The van der Waals surface area contributed by atoms with Gasteiger partial charge in [0.1, 0.15) is 55.4 Å². The molecule has 0 aromatic heterocycles. The lowest BCUT2D eigenvalue weighted by Crippen LogP contribution is -2.11. The highest BCUT2D eigenvalue weighted by Gasteiger charge is 2.25. The first-order valence-corrected chi connectivity index (χ1v) is 16.7. The molecule has 0 N–H and O–H groups in total. The fraction of sp³-hybridized carbons (Fsp3) is 0.579. The highest BCUT2D eigenvalue weighted by atomic mass is 16.6. The van der Waals surface area contributed by atoms with Gasteiger partial charge in [0.15, 0.2) is 0 Å². The third kappa shape index (κ3) is 14.3. The zero-order valence-corrected chi connectivity index (χ0v) is 29.6. The van der Waals surface area contributed by atoms with Crippen LogP contribution in [0.4, 0.5) is 0 Å². The van der Waals surface area contributed by atoms with Gasteiger partial charge in [-0.05, 0) is 59.2 Å². The lowest BCUT2D eigenvalue weighted by Gasteiger charge is -2.19. The SMILES string of the molecule is CC.CC.CC.CC.CC(C)(C)c1ccc(OCC2CO2)cc1.Cc1cc2c(OCC3CO3)cccc2cc1OCC1CO1. The molecule has 6 rings (SSSR count). The lowest BCUT2D eigenvalue weighted by molar-refractivity contribution is 0.261. The molecule has 44 heavy (non-hydrogen) atoms. The van der Waals surface area contributed by atoms with E-state index in [2.05, 4.69) is 58.0 Å². The molecule has 3 aromatic carbocycles. The van der Waals surface area contributed by atoms with Gasteiger partial charge in [-0.15, -0.1) is 0 Å². The van der Waals surface area contributed by atoms with Crippen LogP contribution in [0.3, 0.4) is 0 Å². The predicted octanol–water partition coefficient (Wildman–Crippen LogP) is 9.57. The van der Waals surface area contributed by atoms with Gasteiger partial charge in [0.05, 0.1) is 19.8 Å². The van der Waals surface area contributed by atoms with E-state index in [4.69, 9.17) is 28.4 Å². The van der Waals surface area contributed by atoms with E-state index in [1.165, 1.54) is 5.56 Å². The van der Waals surface area contributed by atoms with Crippen molar-refractivity contribution in [2.45, 2.75) is 107 Å². The van der Waals surface area contributed by atoms with Crippen LogP contribution in [0.1, 0.15) is 87.3 Å². The molecule has 6 heteroatoms. The van der Waals surface area contributed by atoms with Crippen LogP contribution >= 0.6 is 0 Å². The summed E-state index contributed by atoms with van der Waals surface area (Å²) in [6.07, 6.45) is 0.864. The third-order valence-corrected chi connectivity index (χ3v) is 6.35. The Kier molecular flexibility index (Phi) is 18.7. The van der Waals surface area contributed by atoms with Crippen molar-refractivity contribution in [3.05, 3.63) is 65.7 Å². The fourth-order valence-electron chi connectivity index (χ4n) is 3.76. The molecule has 3 aliphatic heterocycles. The summed E-state index contributed by atoms with van der Waals surface area (Å²) in [5.41, 5.74) is 2.65. The van der Waals surface area contributed by atoms with E-state index in [0.717, 1.165) is 53.4 Å². The number of hydrogen-bond donors (Lipinski definition) is 0. The zero-order chi connectivity index (χ0) is 33.1. The predicted molar refractivity (Wildman–Crippen MR) is 185 cm³/mol. The molecule has 3 heterocycles. The van der Waals surface area contributed by atoms with Crippen LogP contribution in [-0.4, -0.2) is 58.0 Å². The topological polar surface area (TPSA) is 65.3 Å². The molecular weight excluding hydrogens is 552 g/mol. The van der Waals surface area contributed by atoms with E-state index in [1.807, 2.05) is 79.7 Å². The van der Waals surface area contributed by atoms with Crippen LogP contribution in [0.5, 0.6) is 17.2 Å². The first kappa shape index (κ1) is 39.2. The summed E-state index contributed by atoms with van der Waals surface area (Å²) < 4.78 is 32.7. The molecule has 0 saturated carbocycles. The van der Waals surface area contributed by atoms with Gasteiger partial charge in [-0.2, -0.15) is 0 Å². The number of hydrogen-bond acceptors (Lipinski definition) is 6. The maximum atomic E-state index is 5.86. The van der Waals surface area contributed by atoms with Gasteiger partial charge in [0, 0.05) is 5.39 Å². The van der Waals surface area contributed by atoms with Crippen molar-refractivity contribution in [1.29, 1.82) is 0 Å². The second kappa shape index (κ2) is 21.0. The van der Waals surface area contributed by atoms with Gasteiger partial charge in [0.25, 0.3) is 0 Å². The number of aryl methyl sites for hydroxylation is 1. The van der Waals surface area contributed by atoms with Crippen LogP contribution < -0.4 is 14.2 Å². The van der Waals surface area contributed by atoms with E-state index in [-0.39, 0.29) is 17.6 Å². The highest BCUT2D eigenvalue weighted by Crippen LogP contribution is 2.32. The molecule has 6 nitrogen and oxygen atoms in total. The van der Waals surface area contributed by atoms with Gasteiger partial charge in [-0.25, -0.2) is 0 Å². The number of benzene rings is 3. The summed E-state index contributed by atoms with van der Waals surface area (Å²) in [7, 11) is 0. The molecular formula is C38H60O6. The normalized spacial score (nSPS) is 18.4. The standard InChI is InChI=1S/C17H18O4.C13H18O2.4C2H6/c1-11-5-15-12(6-17(11)21-10-14-8-19-14)3-2-4-16(15)20-9-13-7-18-13;1-13(2,3)10-4-6-11(7-5-10)14-8-12-9-15-12;4*1-2/h2-6,13-14H,7-10H2,1H3;4-7,12H,8-9H2,1-3H3;4*1-2H3. The van der Waals surface area contributed by atoms with Crippen LogP contribution in [0.2, 0.25) is 0 Å². The average molecular weight is 613 g/mol. The van der Waals surface area contributed by atoms with Crippen molar-refractivity contribution in [3.8, 4) is 17.2 Å². The van der Waals surface area contributed by atoms with Crippen molar-refractivity contribution >= 4 is 10.8 Å². The van der Waals surface area contributed by atoms with Crippen molar-refractivity contribution in [2.75, 3.05) is 39.6 Å². The molecule has 0 aliphatic carbocycles. The van der Waals surface area contributed by atoms with Gasteiger partial charge in [-0.1, -0.05) is 100 Å². The van der Waals surface area contributed by atoms with E-state index < -0.39 is 0 Å². The Balaban J connectivity index is 0.000000372. The molecule has 3 atom stereocenters. The van der Waals surface area contributed by atoms with Gasteiger partial charge in [-0.3, -0.25) is 0 Å². The number of rotatable bonds is 9. The molecule has 248 valence electrons. The molecule has 0 bridgehead atoms. The molecule has 3 fully saturated rings. The highest BCUT2D eigenvalue weighted by molar-refractivity contribution is 5.90. The minimum absolute atomic E-state index is 0.206. The summed E-state index contributed by atoms with van der Waals surface area (Å²) in [5, 5.41) is 2.24. The first-order chi connectivity index (χ1) is 21.3. The monoisotopic (exact) mass is 612 g/mol. The molecule has 3 aromatic rings. The average Bonchev–Trinajstić information content (AvgIpc) is 3.91. The van der Waals surface area contributed by atoms with Crippen molar-refractivity contribution < 1.29 is 28.4 Å². The van der Waals surface area contributed by atoms with Gasteiger partial charge >= 0.3 is 0 Å². The Bertz CT molecular complexity index is 1160. The summed E-state index contributed by atoms with van der Waals surface area (Å²) in [4.78, 5) is 0. The summed E-state index contributed by atoms with van der Waals surface area (Å²) in [6.45, 7) is 29.1. The zero-order valence-electron chi connectivity index (χ0n) is 29.6. The maximum absolute atomic E-state index is 5.86. The summed E-state index contributed by atoms with van der Waals surface area (Å²) in [5.74, 6) is 2.75. The first-order valence-electron chi connectivity index (χ1n) is 16.7. The Labute approximate surface area is 268 Å². The molecule has 3 aliphatic rings. The summed E-state index contributed by atoms with van der Waals surface area (Å²) >= 11 is 0. The van der Waals surface area contributed by atoms with Crippen LogP contribution in [0.15, 0.2) is 54.6 Å². The minimum Gasteiger partial charge on any atom is -0.491 e. The molecule has 0 spiro atoms. The van der Waals surface area contributed by atoms with Crippen molar-refractivity contribution in [1.82, 2.24) is 0 Å². The quantitative estimate of drug-likeness (QED) is 0.224. The Morgan fingerprint density at radius 1 is 0.614 bits per heavy atom. The fourth-order valence-corrected chi connectivity index (χ4v) is 3.76. The number of ether oxygens (including phenoxy) is 6. The third-order valence-electron chi connectivity index (χ3n) is 6.35. The van der Waals surface area contributed by atoms with Crippen molar-refractivity contribution in [2.24, 2.45) is 0 Å². The lowest BCUT2D eigenvalue weighted by atomic mass is 9.87. The van der Waals surface area contributed by atoms with E-state index in [1.54, 1.807) is 0 Å². The second-order valence-electron chi connectivity index (χ2n) is 10.7. The van der Waals surface area contributed by atoms with E-state index >= 15 is 0 Å². The van der Waals surface area contributed by atoms with Crippen molar-refractivity contribution in [3.63, 3.8) is 0 Å². The minimum atomic E-state index is 0.206. The Morgan fingerprint density at radius 2 is 1.07 bits per heavy atom. The van der Waals surface area contributed by atoms with E-state index in [9.17, 15) is 0 Å². The van der Waals surface area contributed by atoms with Gasteiger partial charge in [0.2, 0.25) is 0 Å². The smallest absolute Gasteiger partial charge is 0.127 e. The molecule has 0 amide bonds. The van der Waals surface area contributed by atoms with Gasteiger partial charge < -0.3 is 28.4 Å². The number of epoxide rings is 3. The molecule has 3 unspecified atom stereocenters. The van der Waals surface area contributed by atoms with Crippen LogP contribution in [0, 0.1) is 6.92 Å². The largest absolute Gasteiger partial charge is 0.491 e. The second-order valence-corrected chi connectivity index (χ2v) is 10.7. The van der Waals surface area contributed by atoms with Crippen LogP contribution in [0.25, 0.3) is 10.8 Å². The van der Waals surface area contributed by atoms with Crippen LogP contribution in [-0.2, 0) is 19.6 Å².